The first-order chi connectivity index (χ1) is 9.74. The molecule has 0 saturated heterocycles. The topological polar surface area (TPSA) is 69.6 Å². The molecule has 0 aliphatic heterocycles. The summed E-state index contributed by atoms with van der Waals surface area (Å²) in [5.41, 5.74) is 9.86. The first-order valence-electron chi connectivity index (χ1n) is 6.40. The number of anilines is 1. The Morgan fingerprint density at radius 3 is 2.75 bits per heavy atom. The summed E-state index contributed by atoms with van der Waals surface area (Å²) in [6.45, 7) is 2.73. The molecule has 2 aromatic carbocycles. The highest BCUT2D eigenvalue weighted by Crippen LogP contribution is 2.19. The summed E-state index contributed by atoms with van der Waals surface area (Å²) in [5, 5.41) is 11.9. The Morgan fingerprint density at radius 1 is 1.10 bits per heavy atom. The Labute approximate surface area is 117 Å². The van der Waals surface area contributed by atoms with Crippen LogP contribution < -0.4 is 5.73 Å². The van der Waals surface area contributed by atoms with E-state index in [1.165, 1.54) is 11.1 Å². The lowest BCUT2D eigenvalue weighted by atomic mass is 10.1. The molecule has 0 bridgehead atoms. The van der Waals surface area contributed by atoms with E-state index in [1.807, 2.05) is 36.4 Å². The summed E-state index contributed by atoms with van der Waals surface area (Å²) >= 11 is 0. The van der Waals surface area contributed by atoms with Crippen molar-refractivity contribution in [1.29, 1.82) is 0 Å². The van der Waals surface area contributed by atoms with Gasteiger partial charge in [0.1, 0.15) is 0 Å². The van der Waals surface area contributed by atoms with Crippen molar-refractivity contribution in [3.8, 4) is 11.4 Å². The number of nitrogens with zero attached hydrogens (tertiary/aromatic N) is 4. The van der Waals surface area contributed by atoms with Gasteiger partial charge in [-0.3, -0.25) is 0 Å². The smallest absolute Gasteiger partial charge is 0.182 e. The van der Waals surface area contributed by atoms with Gasteiger partial charge in [-0.25, -0.2) is 4.68 Å². The molecule has 0 aliphatic rings. The molecule has 0 unspecified atom stereocenters. The van der Waals surface area contributed by atoms with Crippen LogP contribution in [0.2, 0.25) is 0 Å². The summed E-state index contributed by atoms with van der Waals surface area (Å²) in [7, 11) is 0. The number of hydrogen-bond donors (Lipinski definition) is 1. The van der Waals surface area contributed by atoms with Gasteiger partial charge in [-0.15, -0.1) is 5.10 Å². The number of aromatic nitrogens is 4. The van der Waals surface area contributed by atoms with E-state index in [1.54, 1.807) is 4.68 Å². The molecule has 3 rings (SSSR count). The van der Waals surface area contributed by atoms with Crippen LogP contribution in [-0.4, -0.2) is 20.2 Å². The van der Waals surface area contributed by atoms with Gasteiger partial charge >= 0.3 is 0 Å². The lowest BCUT2D eigenvalue weighted by Gasteiger charge is -2.07. The number of hydrogen-bond acceptors (Lipinski definition) is 4. The highest BCUT2D eigenvalue weighted by Gasteiger charge is 2.10. The molecule has 20 heavy (non-hydrogen) atoms. The molecule has 3 aromatic rings. The predicted octanol–water partition coefficient (Wildman–Crippen LogP) is 2.28. The van der Waals surface area contributed by atoms with E-state index >= 15 is 0 Å². The fourth-order valence-corrected chi connectivity index (χ4v) is 2.14. The Kier molecular flexibility index (Phi) is 3.16. The lowest BCUT2D eigenvalue weighted by molar-refractivity contribution is 0.651. The van der Waals surface area contributed by atoms with Gasteiger partial charge in [0, 0.05) is 11.3 Å². The summed E-state index contributed by atoms with van der Waals surface area (Å²) in [6.07, 6.45) is 0. The van der Waals surface area contributed by atoms with Crippen LogP contribution in [0.4, 0.5) is 5.69 Å². The average molecular weight is 265 g/mol. The molecule has 0 saturated carbocycles. The largest absolute Gasteiger partial charge is 0.399 e. The van der Waals surface area contributed by atoms with Crippen molar-refractivity contribution in [2.24, 2.45) is 0 Å². The first-order valence-corrected chi connectivity index (χ1v) is 6.40. The van der Waals surface area contributed by atoms with Crippen LogP contribution in [0.3, 0.4) is 0 Å². The third kappa shape index (κ3) is 2.38. The van der Waals surface area contributed by atoms with Crippen molar-refractivity contribution >= 4 is 5.69 Å². The van der Waals surface area contributed by atoms with Crippen LogP contribution in [-0.2, 0) is 6.54 Å². The number of nitrogen functional groups attached to an aromatic ring is 1. The standard InChI is InChI=1S/C15H15N5/c1-11-5-2-3-6-13(11)10-20-15(17-18-19-20)12-7-4-8-14(16)9-12/h2-9H,10,16H2,1H3. The van der Waals surface area contributed by atoms with Crippen molar-refractivity contribution in [3.63, 3.8) is 0 Å². The maximum Gasteiger partial charge on any atom is 0.182 e. The van der Waals surface area contributed by atoms with Crippen molar-refractivity contribution in [1.82, 2.24) is 20.2 Å². The maximum atomic E-state index is 5.81. The van der Waals surface area contributed by atoms with E-state index in [9.17, 15) is 0 Å². The molecule has 2 N–H and O–H groups in total. The Bertz CT molecular complexity index is 732. The van der Waals surface area contributed by atoms with E-state index in [-0.39, 0.29) is 0 Å². The minimum Gasteiger partial charge on any atom is -0.399 e. The second kappa shape index (κ2) is 5.13. The first kappa shape index (κ1) is 12.3. The number of aryl methyl sites for hydroxylation is 1. The van der Waals surface area contributed by atoms with Crippen LogP contribution in [0.25, 0.3) is 11.4 Å². The molecule has 0 radical (unpaired) electrons. The van der Waals surface area contributed by atoms with Crippen LogP contribution in [0.15, 0.2) is 48.5 Å². The molecule has 0 fully saturated rings. The zero-order valence-electron chi connectivity index (χ0n) is 11.2. The van der Waals surface area contributed by atoms with Gasteiger partial charge in [0.05, 0.1) is 6.54 Å². The Balaban J connectivity index is 1.97. The highest BCUT2D eigenvalue weighted by molar-refractivity contribution is 5.60. The summed E-state index contributed by atoms with van der Waals surface area (Å²) in [6, 6.07) is 15.8. The molecule has 5 heteroatoms. The van der Waals surface area contributed by atoms with Crippen LogP contribution >= 0.6 is 0 Å². The Hall–Kier alpha value is -2.69. The van der Waals surface area contributed by atoms with Gasteiger partial charge in [0.25, 0.3) is 0 Å². The fraction of sp³-hybridized carbons (Fsp3) is 0.133. The summed E-state index contributed by atoms with van der Waals surface area (Å²) in [4.78, 5) is 0. The Morgan fingerprint density at radius 2 is 1.95 bits per heavy atom. The zero-order valence-corrected chi connectivity index (χ0v) is 11.2. The number of rotatable bonds is 3. The molecule has 100 valence electrons. The van der Waals surface area contributed by atoms with E-state index < -0.39 is 0 Å². The van der Waals surface area contributed by atoms with Crippen LogP contribution in [0.1, 0.15) is 11.1 Å². The van der Waals surface area contributed by atoms with Gasteiger partial charge in [0.2, 0.25) is 0 Å². The molecule has 0 aliphatic carbocycles. The zero-order chi connectivity index (χ0) is 13.9. The minimum atomic E-state index is 0.643. The lowest BCUT2D eigenvalue weighted by Crippen LogP contribution is -2.05. The average Bonchev–Trinajstić information content (AvgIpc) is 2.90. The second-order valence-corrected chi connectivity index (χ2v) is 4.71. The SMILES string of the molecule is Cc1ccccc1Cn1nnnc1-c1cccc(N)c1. The van der Waals surface area contributed by atoms with Gasteiger partial charge in [0.15, 0.2) is 5.82 Å². The molecule has 0 amide bonds. The fourth-order valence-electron chi connectivity index (χ4n) is 2.14. The van der Waals surface area contributed by atoms with Crippen molar-refractivity contribution < 1.29 is 0 Å². The summed E-state index contributed by atoms with van der Waals surface area (Å²) < 4.78 is 1.79. The number of nitrogens with two attached hydrogens (primary N) is 1. The van der Waals surface area contributed by atoms with Gasteiger partial charge in [-0.05, 0) is 40.6 Å². The monoisotopic (exact) mass is 265 g/mol. The molecule has 0 spiro atoms. The van der Waals surface area contributed by atoms with Crippen molar-refractivity contribution in [2.75, 3.05) is 5.73 Å². The second-order valence-electron chi connectivity index (χ2n) is 4.71. The van der Waals surface area contributed by atoms with E-state index in [0.29, 0.717) is 12.2 Å². The van der Waals surface area contributed by atoms with Gasteiger partial charge in [-0.2, -0.15) is 0 Å². The van der Waals surface area contributed by atoms with Crippen LogP contribution in [0.5, 0.6) is 0 Å². The third-order valence-electron chi connectivity index (χ3n) is 3.26. The molecule has 1 heterocycles. The van der Waals surface area contributed by atoms with E-state index in [0.717, 1.165) is 11.4 Å². The molecular weight excluding hydrogens is 250 g/mol. The van der Waals surface area contributed by atoms with E-state index in [2.05, 4.69) is 34.6 Å². The molecule has 0 atom stereocenters. The van der Waals surface area contributed by atoms with Gasteiger partial charge in [-0.1, -0.05) is 36.4 Å². The number of tetrazole rings is 1. The van der Waals surface area contributed by atoms with Crippen LogP contribution in [0, 0.1) is 6.92 Å². The quantitative estimate of drug-likeness (QED) is 0.738. The summed E-state index contributed by atoms with van der Waals surface area (Å²) in [5.74, 6) is 0.723. The molecular formula is C15H15N5. The predicted molar refractivity (Wildman–Crippen MR) is 77.9 cm³/mol. The van der Waals surface area contributed by atoms with Gasteiger partial charge < -0.3 is 5.73 Å². The van der Waals surface area contributed by atoms with Crippen molar-refractivity contribution in [3.05, 3.63) is 59.7 Å². The van der Waals surface area contributed by atoms with E-state index in [4.69, 9.17) is 5.73 Å². The molecule has 1 aromatic heterocycles. The minimum absolute atomic E-state index is 0.643. The highest BCUT2D eigenvalue weighted by atomic mass is 15.5. The normalized spacial score (nSPS) is 10.7. The molecule has 5 nitrogen and oxygen atoms in total. The van der Waals surface area contributed by atoms with Crippen molar-refractivity contribution in [2.45, 2.75) is 13.5 Å². The number of benzene rings is 2. The maximum absolute atomic E-state index is 5.81. The third-order valence-corrected chi connectivity index (χ3v) is 3.26.